The van der Waals surface area contributed by atoms with Crippen molar-refractivity contribution in [1.29, 1.82) is 0 Å². The maximum atomic E-state index is 4.50. The molecule has 0 unspecified atom stereocenters. The number of thiazole rings is 1. The molecule has 0 radical (unpaired) electrons. The first-order chi connectivity index (χ1) is 6.27. The fourth-order valence-electron chi connectivity index (χ4n) is 1.39. The third-order valence-corrected chi connectivity index (χ3v) is 2.84. The molecule has 0 bridgehead atoms. The lowest BCUT2D eigenvalue weighted by atomic mass is 10.1. The van der Waals surface area contributed by atoms with E-state index in [2.05, 4.69) is 24.0 Å². The minimum Gasteiger partial charge on any atom is -0.241 e. The van der Waals surface area contributed by atoms with Crippen molar-refractivity contribution in [1.82, 2.24) is 4.98 Å². The third kappa shape index (κ3) is 1.63. The van der Waals surface area contributed by atoms with E-state index in [1.807, 2.05) is 25.1 Å². The summed E-state index contributed by atoms with van der Waals surface area (Å²) in [5.74, 6) is 0. The standard InChI is InChI=1S/C11H11NS/c1-8-11(12-9(2)13-8)10-6-4-3-5-7-10/h3-7H,1-2H3. The van der Waals surface area contributed by atoms with Crippen LogP contribution in [-0.4, -0.2) is 4.98 Å². The van der Waals surface area contributed by atoms with Crippen LogP contribution in [0, 0.1) is 13.8 Å². The average Bonchev–Trinajstić information content (AvgIpc) is 2.47. The van der Waals surface area contributed by atoms with Crippen molar-refractivity contribution in [2.45, 2.75) is 13.8 Å². The van der Waals surface area contributed by atoms with E-state index in [4.69, 9.17) is 0 Å². The summed E-state index contributed by atoms with van der Waals surface area (Å²) in [6.45, 7) is 4.16. The molecule has 0 fully saturated rings. The molecular formula is C11H11NS. The van der Waals surface area contributed by atoms with E-state index in [1.54, 1.807) is 11.3 Å². The largest absolute Gasteiger partial charge is 0.241 e. The molecule has 1 heterocycles. The van der Waals surface area contributed by atoms with Gasteiger partial charge in [-0.3, -0.25) is 0 Å². The maximum Gasteiger partial charge on any atom is 0.0904 e. The first-order valence-corrected chi connectivity index (χ1v) is 5.08. The number of aryl methyl sites for hydroxylation is 2. The Morgan fingerprint density at radius 2 is 1.77 bits per heavy atom. The van der Waals surface area contributed by atoms with Crippen LogP contribution in [0.1, 0.15) is 9.88 Å². The molecule has 0 saturated carbocycles. The molecule has 0 aliphatic heterocycles. The number of nitrogens with zero attached hydrogens (tertiary/aromatic N) is 1. The van der Waals surface area contributed by atoms with Gasteiger partial charge in [-0.2, -0.15) is 0 Å². The first kappa shape index (κ1) is 8.45. The van der Waals surface area contributed by atoms with Crippen molar-refractivity contribution in [2.75, 3.05) is 0 Å². The molecule has 0 saturated heterocycles. The Morgan fingerprint density at radius 3 is 2.31 bits per heavy atom. The van der Waals surface area contributed by atoms with Gasteiger partial charge in [0.2, 0.25) is 0 Å². The van der Waals surface area contributed by atoms with Gasteiger partial charge in [0, 0.05) is 10.4 Å². The van der Waals surface area contributed by atoms with E-state index in [-0.39, 0.29) is 0 Å². The topological polar surface area (TPSA) is 12.9 Å². The van der Waals surface area contributed by atoms with Gasteiger partial charge in [0.15, 0.2) is 0 Å². The zero-order valence-electron chi connectivity index (χ0n) is 7.74. The molecule has 0 aliphatic carbocycles. The van der Waals surface area contributed by atoms with Crippen molar-refractivity contribution in [3.05, 3.63) is 40.2 Å². The van der Waals surface area contributed by atoms with E-state index in [1.165, 1.54) is 10.4 Å². The number of hydrogen-bond donors (Lipinski definition) is 0. The number of rotatable bonds is 1. The Bertz CT molecular complexity index is 403. The Balaban J connectivity index is 2.53. The number of aromatic nitrogens is 1. The lowest BCUT2D eigenvalue weighted by molar-refractivity contribution is 1.28. The zero-order valence-corrected chi connectivity index (χ0v) is 8.56. The summed E-state index contributed by atoms with van der Waals surface area (Å²) in [7, 11) is 0. The zero-order chi connectivity index (χ0) is 9.26. The van der Waals surface area contributed by atoms with Crippen molar-refractivity contribution in [3.8, 4) is 11.3 Å². The van der Waals surface area contributed by atoms with Crippen LogP contribution in [0.15, 0.2) is 30.3 Å². The third-order valence-electron chi connectivity index (χ3n) is 1.95. The minimum atomic E-state index is 1.13. The van der Waals surface area contributed by atoms with Gasteiger partial charge < -0.3 is 0 Å². The summed E-state index contributed by atoms with van der Waals surface area (Å²) in [4.78, 5) is 5.79. The lowest BCUT2D eigenvalue weighted by Gasteiger charge is -1.96. The van der Waals surface area contributed by atoms with E-state index in [0.717, 1.165) is 10.7 Å². The second-order valence-corrected chi connectivity index (χ2v) is 4.41. The molecule has 2 heteroatoms. The predicted octanol–water partition coefficient (Wildman–Crippen LogP) is 3.43. The molecule has 1 nitrogen and oxygen atoms in total. The second kappa shape index (κ2) is 3.30. The monoisotopic (exact) mass is 189 g/mol. The van der Waals surface area contributed by atoms with Gasteiger partial charge in [-0.05, 0) is 13.8 Å². The first-order valence-electron chi connectivity index (χ1n) is 4.27. The lowest BCUT2D eigenvalue weighted by Crippen LogP contribution is -1.79. The molecule has 13 heavy (non-hydrogen) atoms. The molecular weight excluding hydrogens is 178 g/mol. The Labute approximate surface area is 82.1 Å². The molecule has 0 N–H and O–H groups in total. The van der Waals surface area contributed by atoms with Crippen molar-refractivity contribution >= 4 is 11.3 Å². The molecule has 0 aliphatic rings. The summed E-state index contributed by atoms with van der Waals surface area (Å²) in [6, 6.07) is 10.3. The molecule has 1 aromatic heterocycles. The summed E-state index contributed by atoms with van der Waals surface area (Å²) in [5.41, 5.74) is 2.34. The minimum absolute atomic E-state index is 1.13. The van der Waals surface area contributed by atoms with Gasteiger partial charge in [-0.1, -0.05) is 30.3 Å². The maximum absolute atomic E-state index is 4.50. The van der Waals surface area contributed by atoms with Gasteiger partial charge in [0.1, 0.15) is 0 Å². The van der Waals surface area contributed by atoms with Crippen LogP contribution in [0.3, 0.4) is 0 Å². The van der Waals surface area contributed by atoms with Crippen LogP contribution in [0.4, 0.5) is 0 Å². The van der Waals surface area contributed by atoms with Crippen LogP contribution in [-0.2, 0) is 0 Å². The highest BCUT2D eigenvalue weighted by atomic mass is 32.1. The van der Waals surface area contributed by atoms with E-state index >= 15 is 0 Å². The fraction of sp³-hybridized carbons (Fsp3) is 0.182. The van der Waals surface area contributed by atoms with Crippen LogP contribution >= 0.6 is 11.3 Å². The van der Waals surface area contributed by atoms with Crippen LogP contribution < -0.4 is 0 Å². The SMILES string of the molecule is Cc1nc(-c2ccccc2)c(C)s1. The van der Waals surface area contributed by atoms with Gasteiger partial charge >= 0.3 is 0 Å². The van der Waals surface area contributed by atoms with E-state index in [0.29, 0.717) is 0 Å². The highest BCUT2D eigenvalue weighted by molar-refractivity contribution is 7.11. The average molecular weight is 189 g/mol. The Kier molecular flexibility index (Phi) is 2.15. The Hall–Kier alpha value is -1.15. The highest BCUT2D eigenvalue weighted by Gasteiger charge is 2.05. The summed E-state index contributed by atoms with van der Waals surface area (Å²) in [6.07, 6.45) is 0. The van der Waals surface area contributed by atoms with Crippen LogP contribution in [0.5, 0.6) is 0 Å². The quantitative estimate of drug-likeness (QED) is 0.669. The molecule has 0 atom stereocenters. The molecule has 1 aromatic carbocycles. The number of benzene rings is 1. The van der Waals surface area contributed by atoms with Crippen molar-refractivity contribution in [2.24, 2.45) is 0 Å². The summed E-state index contributed by atoms with van der Waals surface area (Å²) >= 11 is 1.75. The van der Waals surface area contributed by atoms with Gasteiger partial charge in [0.05, 0.1) is 10.7 Å². The smallest absolute Gasteiger partial charge is 0.0904 e. The second-order valence-electron chi connectivity index (χ2n) is 3.00. The van der Waals surface area contributed by atoms with Gasteiger partial charge in [-0.15, -0.1) is 11.3 Å². The van der Waals surface area contributed by atoms with E-state index in [9.17, 15) is 0 Å². The number of hydrogen-bond acceptors (Lipinski definition) is 2. The molecule has 0 amide bonds. The normalized spacial score (nSPS) is 10.3. The van der Waals surface area contributed by atoms with Crippen LogP contribution in [0.2, 0.25) is 0 Å². The van der Waals surface area contributed by atoms with E-state index < -0.39 is 0 Å². The van der Waals surface area contributed by atoms with Crippen LogP contribution in [0.25, 0.3) is 11.3 Å². The molecule has 66 valence electrons. The van der Waals surface area contributed by atoms with Gasteiger partial charge in [0.25, 0.3) is 0 Å². The molecule has 0 spiro atoms. The Morgan fingerprint density at radius 1 is 1.08 bits per heavy atom. The summed E-state index contributed by atoms with van der Waals surface area (Å²) < 4.78 is 0. The van der Waals surface area contributed by atoms with Crippen molar-refractivity contribution < 1.29 is 0 Å². The molecule has 2 aromatic rings. The highest BCUT2D eigenvalue weighted by Crippen LogP contribution is 2.26. The predicted molar refractivity (Wildman–Crippen MR) is 57.0 cm³/mol. The summed E-state index contributed by atoms with van der Waals surface area (Å²) in [5, 5.41) is 1.14. The fourth-order valence-corrected chi connectivity index (χ4v) is 2.23. The van der Waals surface area contributed by atoms with Gasteiger partial charge in [-0.25, -0.2) is 4.98 Å². The van der Waals surface area contributed by atoms with Crippen molar-refractivity contribution in [3.63, 3.8) is 0 Å². The molecule has 2 rings (SSSR count).